The van der Waals surface area contributed by atoms with Crippen molar-refractivity contribution in [3.8, 4) is 0 Å². The van der Waals surface area contributed by atoms with Crippen LogP contribution in [0.2, 0.25) is 0 Å². The number of fused-ring (bicyclic) bond motifs is 1. The van der Waals surface area contributed by atoms with E-state index in [9.17, 15) is 0 Å². The van der Waals surface area contributed by atoms with Crippen LogP contribution in [0.5, 0.6) is 0 Å². The summed E-state index contributed by atoms with van der Waals surface area (Å²) in [6, 6.07) is 42.9. The second-order valence-electron chi connectivity index (χ2n) is 9.81. The predicted molar refractivity (Wildman–Crippen MR) is 138 cm³/mol. The van der Waals surface area contributed by atoms with Crippen molar-refractivity contribution in [3.63, 3.8) is 0 Å². The van der Waals surface area contributed by atoms with Gasteiger partial charge in [0.15, 0.2) is 0 Å². The van der Waals surface area contributed by atoms with Gasteiger partial charge < -0.3 is 0 Å². The SMILES string of the molecule is CC1=Cc2ccccc2[C]1(C)[Ti]([CH2]c1ccccc1)([CH2]c1ccccc1)[CH2]c1ccccc1. The van der Waals surface area contributed by atoms with Crippen molar-refractivity contribution >= 4 is 6.08 Å². The molecule has 5 rings (SSSR count). The van der Waals surface area contributed by atoms with Crippen molar-refractivity contribution in [2.24, 2.45) is 0 Å². The molecule has 0 radical (unpaired) electrons. The van der Waals surface area contributed by atoms with Crippen molar-refractivity contribution in [2.45, 2.75) is 31.7 Å². The van der Waals surface area contributed by atoms with E-state index in [1.807, 2.05) is 0 Å². The van der Waals surface area contributed by atoms with Crippen LogP contribution in [0.1, 0.15) is 41.7 Å². The Morgan fingerprint density at radius 3 is 1.39 bits per heavy atom. The van der Waals surface area contributed by atoms with Crippen LogP contribution in [-0.4, -0.2) is 0 Å². The molecule has 0 aliphatic heterocycles. The molecule has 4 aromatic rings. The van der Waals surface area contributed by atoms with E-state index in [0.29, 0.717) is 0 Å². The summed E-state index contributed by atoms with van der Waals surface area (Å²) in [6.07, 6.45) is 2.47. The van der Waals surface area contributed by atoms with Crippen LogP contribution in [0.3, 0.4) is 0 Å². The summed E-state index contributed by atoms with van der Waals surface area (Å²) in [5.74, 6) is 0. The number of allylic oxidation sites excluding steroid dienone is 1. The first kappa shape index (κ1) is 22.1. The summed E-state index contributed by atoms with van der Waals surface area (Å²) >= 11 is -2.82. The number of hydrogen-bond donors (Lipinski definition) is 0. The van der Waals surface area contributed by atoms with Gasteiger partial charge in [0, 0.05) is 0 Å². The van der Waals surface area contributed by atoms with E-state index in [2.05, 4.69) is 135 Å². The number of benzene rings is 4. The van der Waals surface area contributed by atoms with Gasteiger partial charge in [-0.1, -0.05) is 0 Å². The van der Waals surface area contributed by atoms with Gasteiger partial charge in [-0.15, -0.1) is 0 Å². The van der Waals surface area contributed by atoms with Gasteiger partial charge in [-0.05, 0) is 0 Å². The third kappa shape index (κ3) is 4.19. The molecule has 0 spiro atoms. The van der Waals surface area contributed by atoms with Gasteiger partial charge in [-0.3, -0.25) is 0 Å². The average molecular weight is 464 g/mol. The maximum atomic E-state index is 2.58. The molecule has 1 aliphatic carbocycles. The molecule has 1 atom stereocenters. The number of rotatable bonds is 7. The van der Waals surface area contributed by atoms with Crippen molar-refractivity contribution < 1.29 is 16.6 Å². The minimum atomic E-state index is -2.82. The van der Waals surface area contributed by atoms with E-state index in [0.717, 1.165) is 0 Å². The molecule has 0 aromatic heterocycles. The molecule has 0 amide bonds. The van der Waals surface area contributed by atoms with Crippen LogP contribution in [-0.2, 0) is 34.5 Å². The Balaban J connectivity index is 1.74. The fraction of sp³-hybridized carbons (Fsp3) is 0.188. The quantitative estimate of drug-likeness (QED) is 0.243. The summed E-state index contributed by atoms with van der Waals surface area (Å²) in [5.41, 5.74) is 8.98. The zero-order valence-corrected chi connectivity index (χ0v) is 21.2. The van der Waals surface area contributed by atoms with E-state index in [1.165, 1.54) is 36.4 Å². The molecule has 164 valence electrons. The first-order valence-electron chi connectivity index (χ1n) is 12.0. The van der Waals surface area contributed by atoms with E-state index >= 15 is 0 Å². The van der Waals surface area contributed by atoms with Gasteiger partial charge in [0.05, 0.1) is 0 Å². The molecule has 0 nitrogen and oxygen atoms in total. The summed E-state index contributed by atoms with van der Waals surface area (Å²) < 4.78 is 3.74. The molecule has 4 aromatic carbocycles. The van der Waals surface area contributed by atoms with Crippen LogP contribution < -0.4 is 0 Å². The standard InChI is InChI=1S/C11H11.3C7H7.Ti/c1-8-7-10-5-3-4-6-11(10)9(8)2;3*1-7-5-3-2-4-6-7;/h3-7H,1-2H3;3*2-6H,1H2;. The fourth-order valence-electron chi connectivity index (χ4n) is 6.05. The topological polar surface area (TPSA) is 0 Å². The average Bonchev–Trinajstić information content (AvgIpc) is 3.12. The second-order valence-corrected chi connectivity index (χ2v) is 17.0. The molecule has 0 fully saturated rings. The molecular formula is C32H32Ti. The normalized spacial score (nSPS) is 17.5. The molecule has 0 saturated carbocycles. The maximum absolute atomic E-state index is 2.82. The van der Waals surface area contributed by atoms with Gasteiger partial charge in [0.2, 0.25) is 0 Å². The summed E-state index contributed by atoms with van der Waals surface area (Å²) in [7, 11) is 0. The zero-order chi connectivity index (χ0) is 22.7. The van der Waals surface area contributed by atoms with E-state index in [-0.39, 0.29) is 3.72 Å². The summed E-state index contributed by atoms with van der Waals surface area (Å²) in [5, 5.41) is 0. The monoisotopic (exact) mass is 464 g/mol. The Hall–Kier alpha value is -2.67. The summed E-state index contributed by atoms with van der Waals surface area (Å²) in [4.78, 5) is 0. The first-order valence-corrected chi connectivity index (χ1v) is 16.1. The Morgan fingerprint density at radius 1 is 0.545 bits per heavy atom. The van der Waals surface area contributed by atoms with Crippen LogP contribution in [0.15, 0.2) is 121 Å². The molecule has 0 heterocycles. The molecule has 1 aliphatic rings. The van der Waals surface area contributed by atoms with Crippen molar-refractivity contribution in [2.75, 3.05) is 0 Å². The Morgan fingerprint density at radius 2 is 0.939 bits per heavy atom. The van der Waals surface area contributed by atoms with Gasteiger partial charge in [-0.25, -0.2) is 0 Å². The third-order valence-corrected chi connectivity index (χ3v) is 17.3. The summed E-state index contributed by atoms with van der Waals surface area (Å²) in [6.45, 7) is 4.97. The molecule has 33 heavy (non-hydrogen) atoms. The van der Waals surface area contributed by atoms with E-state index < -0.39 is 16.6 Å². The Kier molecular flexibility index (Phi) is 6.24. The van der Waals surface area contributed by atoms with Crippen LogP contribution in [0.25, 0.3) is 6.08 Å². The van der Waals surface area contributed by atoms with Gasteiger partial charge in [-0.2, -0.15) is 0 Å². The van der Waals surface area contributed by atoms with Gasteiger partial charge in [0.1, 0.15) is 0 Å². The second kappa shape index (κ2) is 9.30. The molecule has 1 heteroatoms. The van der Waals surface area contributed by atoms with E-state index in [4.69, 9.17) is 0 Å². The molecule has 0 bridgehead atoms. The molecule has 1 unspecified atom stereocenters. The van der Waals surface area contributed by atoms with E-state index in [1.54, 1.807) is 11.1 Å². The van der Waals surface area contributed by atoms with Gasteiger partial charge in [0.25, 0.3) is 0 Å². The fourth-order valence-corrected chi connectivity index (χ4v) is 15.7. The zero-order valence-electron chi connectivity index (χ0n) is 19.7. The molecular weight excluding hydrogens is 432 g/mol. The molecule has 0 saturated heterocycles. The van der Waals surface area contributed by atoms with Gasteiger partial charge >= 0.3 is 203 Å². The first-order chi connectivity index (χ1) is 16.1. The van der Waals surface area contributed by atoms with Crippen LogP contribution >= 0.6 is 0 Å². The molecule has 0 N–H and O–H groups in total. The predicted octanol–water partition coefficient (Wildman–Crippen LogP) is 8.07. The van der Waals surface area contributed by atoms with Crippen molar-refractivity contribution in [1.82, 2.24) is 0 Å². The van der Waals surface area contributed by atoms with Crippen molar-refractivity contribution in [3.05, 3.63) is 149 Å². The Labute approximate surface area is 202 Å². The van der Waals surface area contributed by atoms with Crippen LogP contribution in [0.4, 0.5) is 0 Å². The number of hydrogen-bond acceptors (Lipinski definition) is 0. The minimum absolute atomic E-state index is 0.109. The van der Waals surface area contributed by atoms with Crippen molar-refractivity contribution in [1.29, 1.82) is 0 Å². The third-order valence-electron chi connectivity index (χ3n) is 7.88. The van der Waals surface area contributed by atoms with Crippen LogP contribution in [0, 0.1) is 0 Å². The Bertz CT molecular complexity index is 1140.